The molecule has 1 heterocycles. The third-order valence-electron chi connectivity index (χ3n) is 4.37. The van der Waals surface area contributed by atoms with Crippen LogP contribution in [0.2, 0.25) is 0 Å². The van der Waals surface area contributed by atoms with Crippen molar-refractivity contribution >= 4 is 5.91 Å². The Hall–Kier alpha value is -1.55. The maximum atomic E-state index is 11.8. The van der Waals surface area contributed by atoms with E-state index in [1.165, 1.54) is 12.0 Å². The van der Waals surface area contributed by atoms with Gasteiger partial charge in [0.25, 0.3) is 5.91 Å². The Balaban J connectivity index is 1.60. The molecule has 22 heavy (non-hydrogen) atoms. The molecule has 1 amide bonds. The van der Waals surface area contributed by atoms with E-state index in [1.54, 1.807) is 0 Å². The third kappa shape index (κ3) is 5.34. The summed E-state index contributed by atoms with van der Waals surface area (Å²) in [5, 5.41) is 2.93. The van der Waals surface area contributed by atoms with Crippen LogP contribution in [0, 0.1) is 19.8 Å². The smallest absolute Gasteiger partial charge is 0.257 e. The summed E-state index contributed by atoms with van der Waals surface area (Å²) in [6.45, 7) is 6.64. The normalized spacial score (nSPS) is 15.5. The first-order valence-electron chi connectivity index (χ1n) is 8.20. The molecule has 1 saturated heterocycles. The van der Waals surface area contributed by atoms with Gasteiger partial charge in [-0.05, 0) is 62.6 Å². The lowest BCUT2D eigenvalue weighted by Gasteiger charge is -2.21. The molecule has 1 aliphatic rings. The van der Waals surface area contributed by atoms with Crippen LogP contribution in [0.4, 0.5) is 0 Å². The van der Waals surface area contributed by atoms with Gasteiger partial charge in [0.1, 0.15) is 5.75 Å². The van der Waals surface area contributed by atoms with Gasteiger partial charge in [-0.1, -0.05) is 12.1 Å². The standard InChI is InChI=1S/C18H27NO3/c1-14-5-3-7-17(15(14)2)22-13-18(20)19-10-4-6-16-8-11-21-12-9-16/h3,5,7,16H,4,6,8-13H2,1-2H3,(H,19,20). The molecule has 1 N–H and O–H groups in total. The molecular weight excluding hydrogens is 278 g/mol. The fraction of sp³-hybridized carbons (Fsp3) is 0.611. The largest absolute Gasteiger partial charge is 0.483 e. The van der Waals surface area contributed by atoms with Crippen LogP contribution in [-0.4, -0.2) is 32.3 Å². The van der Waals surface area contributed by atoms with E-state index < -0.39 is 0 Å². The van der Waals surface area contributed by atoms with Gasteiger partial charge in [0, 0.05) is 19.8 Å². The summed E-state index contributed by atoms with van der Waals surface area (Å²) in [4.78, 5) is 11.8. The van der Waals surface area contributed by atoms with Crippen molar-refractivity contribution in [3.63, 3.8) is 0 Å². The van der Waals surface area contributed by atoms with Crippen LogP contribution < -0.4 is 10.1 Å². The number of hydrogen-bond donors (Lipinski definition) is 1. The summed E-state index contributed by atoms with van der Waals surface area (Å²) < 4.78 is 10.9. The first-order valence-corrected chi connectivity index (χ1v) is 8.20. The van der Waals surface area contributed by atoms with E-state index >= 15 is 0 Å². The average molecular weight is 305 g/mol. The molecule has 0 saturated carbocycles. The van der Waals surface area contributed by atoms with E-state index in [9.17, 15) is 4.79 Å². The van der Waals surface area contributed by atoms with Gasteiger partial charge in [-0.3, -0.25) is 4.79 Å². The van der Waals surface area contributed by atoms with Crippen LogP contribution in [0.3, 0.4) is 0 Å². The minimum atomic E-state index is -0.0483. The topological polar surface area (TPSA) is 47.6 Å². The van der Waals surface area contributed by atoms with Crippen molar-refractivity contribution in [1.29, 1.82) is 0 Å². The quantitative estimate of drug-likeness (QED) is 0.788. The van der Waals surface area contributed by atoms with Gasteiger partial charge < -0.3 is 14.8 Å². The lowest BCUT2D eigenvalue weighted by molar-refractivity contribution is -0.123. The predicted molar refractivity (Wildman–Crippen MR) is 87.2 cm³/mol. The molecule has 0 aliphatic carbocycles. The van der Waals surface area contributed by atoms with Gasteiger partial charge in [-0.15, -0.1) is 0 Å². The number of amides is 1. The molecule has 4 nitrogen and oxygen atoms in total. The summed E-state index contributed by atoms with van der Waals surface area (Å²) in [7, 11) is 0. The highest BCUT2D eigenvalue weighted by atomic mass is 16.5. The summed E-state index contributed by atoms with van der Waals surface area (Å²) >= 11 is 0. The molecule has 1 aromatic rings. The molecule has 122 valence electrons. The van der Waals surface area contributed by atoms with E-state index in [4.69, 9.17) is 9.47 Å². The van der Waals surface area contributed by atoms with Crippen LogP contribution in [0.25, 0.3) is 0 Å². The summed E-state index contributed by atoms with van der Waals surface area (Å²) in [6, 6.07) is 5.89. The number of aryl methyl sites for hydroxylation is 1. The number of ether oxygens (including phenoxy) is 2. The molecule has 4 heteroatoms. The predicted octanol–water partition coefficient (Wildman–Crippen LogP) is 3.01. The van der Waals surface area contributed by atoms with Gasteiger partial charge in [-0.2, -0.15) is 0 Å². The lowest BCUT2D eigenvalue weighted by Crippen LogP contribution is -2.30. The van der Waals surface area contributed by atoms with Crippen LogP contribution in [0.15, 0.2) is 18.2 Å². The fourth-order valence-electron chi connectivity index (χ4n) is 2.73. The molecule has 0 atom stereocenters. The minimum absolute atomic E-state index is 0.0483. The van der Waals surface area contributed by atoms with Crippen molar-refractivity contribution < 1.29 is 14.3 Å². The van der Waals surface area contributed by atoms with Gasteiger partial charge in [-0.25, -0.2) is 0 Å². The van der Waals surface area contributed by atoms with Crippen molar-refractivity contribution in [2.45, 2.75) is 39.5 Å². The second-order valence-electron chi connectivity index (χ2n) is 6.03. The highest BCUT2D eigenvalue weighted by Crippen LogP contribution is 2.20. The Kier molecular flexibility index (Phi) is 6.72. The highest BCUT2D eigenvalue weighted by Gasteiger charge is 2.13. The number of carbonyl (C=O) groups is 1. The Morgan fingerprint density at radius 1 is 1.32 bits per heavy atom. The zero-order valence-electron chi connectivity index (χ0n) is 13.7. The second-order valence-corrected chi connectivity index (χ2v) is 6.03. The first kappa shape index (κ1) is 16.8. The molecule has 0 bridgehead atoms. The minimum Gasteiger partial charge on any atom is -0.483 e. The molecule has 0 radical (unpaired) electrons. The molecule has 1 aliphatic heterocycles. The van der Waals surface area contributed by atoms with Crippen LogP contribution >= 0.6 is 0 Å². The molecule has 0 unspecified atom stereocenters. The average Bonchev–Trinajstić information content (AvgIpc) is 2.54. The second kappa shape index (κ2) is 8.79. The lowest BCUT2D eigenvalue weighted by atomic mass is 9.95. The van der Waals surface area contributed by atoms with Crippen molar-refractivity contribution in [2.24, 2.45) is 5.92 Å². The number of rotatable bonds is 7. The van der Waals surface area contributed by atoms with Gasteiger partial charge in [0.05, 0.1) is 0 Å². The van der Waals surface area contributed by atoms with Crippen molar-refractivity contribution in [3.8, 4) is 5.75 Å². The molecule has 2 rings (SSSR count). The molecular formula is C18H27NO3. The van der Waals surface area contributed by atoms with Crippen molar-refractivity contribution in [1.82, 2.24) is 5.32 Å². The Bertz CT molecular complexity index is 481. The number of hydrogen-bond acceptors (Lipinski definition) is 3. The monoisotopic (exact) mass is 305 g/mol. The molecule has 1 aromatic carbocycles. The Morgan fingerprint density at radius 2 is 2.09 bits per heavy atom. The van der Waals surface area contributed by atoms with Crippen LogP contribution in [0.5, 0.6) is 5.75 Å². The maximum Gasteiger partial charge on any atom is 0.257 e. The van der Waals surface area contributed by atoms with E-state index in [-0.39, 0.29) is 12.5 Å². The summed E-state index contributed by atoms with van der Waals surface area (Å²) in [6.07, 6.45) is 4.51. The number of carbonyl (C=O) groups excluding carboxylic acids is 1. The zero-order valence-corrected chi connectivity index (χ0v) is 13.7. The van der Waals surface area contributed by atoms with Gasteiger partial charge in [0.15, 0.2) is 6.61 Å². The van der Waals surface area contributed by atoms with Gasteiger partial charge >= 0.3 is 0 Å². The first-order chi connectivity index (χ1) is 10.7. The summed E-state index contributed by atoms with van der Waals surface area (Å²) in [5.41, 5.74) is 2.27. The Labute approximate surface area is 133 Å². The van der Waals surface area contributed by atoms with Gasteiger partial charge in [0.2, 0.25) is 0 Å². The molecule has 1 fully saturated rings. The van der Waals surface area contributed by atoms with Crippen molar-refractivity contribution in [3.05, 3.63) is 29.3 Å². The maximum absolute atomic E-state index is 11.8. The van der Waals surface area contributed by atoms with E-state index in [2.05, 4.69) is 5.32 Å². The fourth-order valence-corrected chi connectivity index (χ4v) is 2.73. The number of nitrogens with one attached hydrogen (secondary N) is 1. The third-order valence-corrected chi connectivity index (χ3v) is 4.37. The molecule has 0 spiro atoms. The van der Waals surface area contributed by atoms with Crippen LogP contribution in [0.1, 0.15) is 36.8 Å². The highest BCUT2D eigenvalue weighted by molar-refractivity contribution is 5.77. The van der Waals surface area contributed by atoms with Crippen molar-refractivity contribution in [2.75, 3.05) is 26.4 Å². The van der Waals surface area contributed by atoms with Crippen LogP contribution in [-0.2, 0) is 9.53 Å². The Morgan fingerprint density at radius 3 is 2.86 bits per heavy atom. The molecule has 0 aromatic heterocycles. The zero-order chi connectivity index (χ0) is 15.8. The summed E-state index contributed by atoms with van der Waals surface area (Å²) in [5.74, 6) is 1.50. The van der Waals surface area contributed by atoms with E-state index in [1.807, 2.05) is 32.0 Å². The van der Waals surface area contributed by atoms with E-state index in [0.29, 0.717) is 0 Å². The number of benzene rings is 1. The van der Waals surface area contributed by atoms with E-state index in [0.717, 1.165) is 56.3 Å². The SMILES string of the molecule is Cc1cccc(OCC(=O)NCCCC2CCOCC2)c1C.